The highest BCUT2D eigenvalue weighted by Crippen LogP contribution is 2.26. The van der Waals surface area contributed by atoms with Crippen LogP contribution in [-0.4, -0.2) is 49.7 Å². The second-order valence-electron chi connectivity index (χ2n) is 8.06. The highest BCUT2D eigenvalue weighted by molar-refractivity contribution is 7.89. The summed E-state index contributed by atoms with van der Waals surface area (Å²) in [4.78, 5) is 15.1. The first-order valence-electron chi connectivity index (χ1n) is 9.69. The standard InChI is InChI=1S/C20H30N2O3S/c1-15-8-11-22(12-9-15)26(24,25)18-7-6-17(3)19(13-18)20(23)21-10-4-5-16(2)14-21/h6-7,13,15-16H,4-5,8-12,14H2,1-3H3. The normalized spacial score (nSPS) is 23.2. The van der Waals surface area contributed by atoms with Crippen LogP contribution in [0.5, 0.6) is 0 Å². The van der Waals surface area contributed by atoms with E-state index in [1.54, 1.807) is 22.5 Å². The van der Waals surface area contributed by atoms with Gasteiger partial charge >= 0.3 is 0 Å². The summed E-state index contributed by atoms with van der Waals surface area (Å²) in [5.41, 5.74) is 1.35. The minimum absolute atomic E-state index is 0.0432. The fraction of sp³-hybridized carbons (Fsp3) is 0.650. The number of benzene rings is 1. The Labute approximate surface area is 157 Å². The maximum absolute atomic E-state index is 13.0. The molecule has 0 bridgehead atoms. The highest BCUT2D eigenvalue weighted by atomic mass is 32.2. The smallest absolute Gasteiger partial charge is 0.254 e. The summed E-state index contributed by atoms with van der Waals surface area (Å²) in [6, 6.07) is 4.99. The molecule has 2 saturated heterocycles. The Bertz CT molecular complexity index is 767. The van der Waals surface area contributed by atoms with Crippen molar-refractivity contribution in [2.24, 2.45) is 11.8 Å². The third-order valence-corrected chi connectivity index (χ3v) is 7.66. The molecule has 26 heavy (non-hydrogen) atoms. The molecule has 2 aliphatic rings. The molecule has 0 saturated carbocycles. The van der Waals surface area contributed by atoms with Gasteiger partial charge in [-0.05, 0) is 62.1 Å². The molecule has 2 aliphatic heterocycles. The van der Waals surface area contributed by atoms with E-state index in [0.717, 1.165) is 44.3 Å². The van der Waals surface area contributed by atoms with E-state index in [0.29, 0.717) is 30.5 Å². The number of rotatable bonds is 3. The van der Waals surface area contributed by atoms with Crippen LogP contribution in [0.25, 0.3) is 0 Å². The van der Waals surface area contributed by atoms with E-state index in [2.05, 4.69) is 13.8 Å². The van der Waals surface area contributed by atoms with E-state index >= 15 is 0 Å². The van der Waals surface area contributed by atoms with Crippen molar-refractivity contribution in [2.45, 2.75) is 51.3 Å². The SMILES string of the molecule is Cc1ccc(S(=O)(=O)N2CCC(C)CC2)cc1C(=O)N1CCCC(C)C1. The fourth-order valence-corrected chi connectivity index (χ4v) is 5.41. The van der Waals surface area contributed by atoms with E-state index in [1.807, 2.05) is 11.8 Å². The molecule has 0 spiro atoms. The van der Waals surface area contributed by atoms with Crippen molar-refractivity contribution in [1.29, 1.82) is 0 Å². The average molecular weight is 379 g/mol. The van der Waals surface area contributed by atoms with Crippen LogP contribution in [-0.2, 0) is 10.0 Å². The van der Waals surface area contributed by atoms with E-state index in [1.165, 1.54) is 0 Å². The number of hydrogen-bond donors (Lipinski definition) is 0. The van der Waals surface area contributed by atoms with Gasteiger partial charge in [0, 0.05) is 31.7 Å². The van der Waals surface area contributed by atoms with Crippen molar-refractivity contribution in [1.82, 2.24) is 9.21 Å². The maximum atomic E-state index is 13.0. The number of likely N-dealkylation sites (tertiary alicyclic amines) is 1. The van der Waals surface area contributed by atoms with Crippen molar-refractivity contribution in [3.8, 4) is 0 Å². The van der Waals surface area contributed by atoms with Crippen LogP contribution < -0.4 is 0 Å². The summed E-state index contributed by atoms with van der Waals surface area (Å²) in [5, 5.41) is 0. The molecule has 2 fully saturated rings. The summed E-state index contributed by atoms with van der Waals surface area (Å²) >= 11 is 0. The average Bonchev–Trinajstić information content (AvgIpc) is 2.62. The summed E-state index contributed by atoms with van der Waals surface area (Å²) in [7, 11) is -3.54. The molecule has 0 aliphatic carbocycles. The third kappa shape index (κ3) is 3.96. The van der Waals surface area contributed by atoms with Gasteiger partial charge < -0.3 is 4.90 Å². The first kappa shape index (κ1) is 19.4. The van der Waals surface area contributed by atoms with Crippen LogP contribution in [0, 0.1) is 18.8 Å². The van der Waals surface area contributed by atoms with Gasteiger partial charge in [-0.2, -0.15) is 4.31 Å². The Morgan fingerprint density at radius 1 is 1.04 bits per heavy atom. The summed E-state index contributed by atoms with van der Waals surface area (Å²) in [6.07, 6.45) is 3.94. The molecule has 1 atom stereocenters. The van der Waals surface area contributed by atoms with Gasteiger partial charge in [0.25, 0.3) is 5.91 Å². The van der Waals surface area contributed by atoms with Crippen molar-refractivity contribution in [3.63, 3.8) is 0 Å². The van der Waals surface area contributed by atoms with E-state index in [4.69, 9.17) is 0 Å². The van der Waals surface area contributed by atoms with Gasteiger partial charge in [0.2, 0.25) is 10.0 Å². The van der Waals surface area contributed by atoms with Gasteiger partial charge in [-0.1, -0.05) is 19.9 Å². The van der Waals surface area contributed by atoms with Gasteiger partial charge in [-0.3, -0.25) is 4.79 Å². The molecule has 0 radical (unpaired) electrons. The van der Waals surface area contributed by atoms with Crippen molar-refractivity contribution < 1.29 is 13.2 Å². The van der Waals surface area contributed by atoms with Gasteiger partial charge in [-0.25, -0.2) is 8.42 Å². The van der Waals surface area contributed by atoms with Crippen molar-refractivity contribution in [2.75, 3.05) is 26.2 Å². The molecule has 1 aromatic rings. The minimum atomic E-state index is -3.54. The van der Waals surface area contributed by atoms with E-state index < -0.39 is 10.0 Å². The summed E-state index contributed by atoms with van der Waals surface area (Å²) in [5.74, 6) is 1.02. The first-order chi connectivity index (χ1) is 12.3. The van der Waals surface area contributed by atoms with Crippen molar-refractivity contribution in [3.05, 3.63) is 29.3 Å². The zero-order valence-electron chi connectivity index (χ0n) is 16.1. The van der Waals surface area contributed by atoms with Gasteiger partial charge in [0.15, 0.2) is 0 Å². The molecule has 144 valence electrons. The van der Waals surface area contributed by atoms with Crippen LogP contribution in [0.3, 0.4) is 0 Å². The Morgan fingerprint density at radius 2 is 1.73 bits per heavy atom. The molecule has 6 heteroatoms. The molecule has 0 N–H and O–H groups in total. The molecular weight excluding hydrogens is 348 g/mol. The van der Waals surface area contributed by atoms with Crippen LogP contribution in [0.2, 0.25) is 0 Å². The Balaban J connectivity index is 1.86. The fourth-order valence-electron chi connectivity index (χ4n) is 3.91. The number of hydrogen-bond acceptors (Lipinski definition) is 3. The monoisotopic (exact) mass is 378 g/mol. The number of piperidine rings is 2. The maximum Gasteiger partial charge on any atom is 0.254 e. The molecule has 1 aromatic carbocycles. The second kappa shape index (κ2) is 7.69. The Morgan fingerprint density at radius 3 is 2.38 bits per heavy atom. The summed E-state index contributed by atoms with van der Waals surface area (Å²) in [6.45, 7) is 8.81. The van der Waals surface area contributed by atoms with Crippen LogP contribution in [0.15, 0.2) is 23.1 Å². The van der Waals surface area contributed by atoms with Crippen LogP contribution in [0.4, 0.5) is 0 Å². The molecule has 2 heterocycles. The third-order valence-electron chi connectivity index (χ3n) is 5.76. The molecule has 1 unspecified atom stereocenters. The van der Waals surface area contributed by atoms with Gasteiger partial charge in [-0.15, -0.1) is 0 Å². The number of sulfonamides is 1. The van der Waals surface area contributed by atoms with Gasteiger partial charge in [0.05, 0.1) is 4.90 Å². The summed E-state index contributed by atoms with van der Waals surface area (Å²) < 4.78 is 27.6. The number of aryl methyl sites for hydroxylation is 1. The predicted molar refractivity (Wildman–Crippen MR) is 103 cm³/mol. The largest absolute Gasteiger partial charge is 0.338 e. The van der Waals surface area contributed by atoms with Crippen LogP contribution in [0.1, 0.15) is 55.5 Å². The van der Waals surface area contributed by atoms with E-state index in [-0.39, 0.29) is 10.8 Å². The van der Waals surface area contributed by atoms with Crippen LogP contribution >= 0.6 is 0 Å². The molecule has 5 nitrogen and oxygen atoms in total. The quantitative estimate of drug-likeness (QED) is 0.811. The number of amides is 1. The second-order valence-corrected chi connectivity index (χ2v) is 10.00. The number of carbonyl (C=O) groups is 1. The number of carbonyl (C=O) groups excluding carboxylic acids is 1. The lowest BCUT2D eigenvalue weighted by molar-refractivity contribution is 0.0682. The van der Waals surface area contributed by atoms with Gasteiger partial charge in [0.1, 0.15) is 0 Å². The lowest BCUT2D eigenvalue weighted by Crippen LogP contribution is -2.40. The van der Waals surface area contributed by atoms with E-state index in [9.17, 15) is 13.2 Å². The minimum Gasteiger partial charge on any atom is -0.338 e. The Hall–Kier alpha value is -1.40. The topological polar surface area (TPSA) is 57.7 Å². The zero-order valence-corrected chi connectivity index (χ0v) is 16.9. The van der Waals surface area contributed by atoms with Crippen molar-refractivity contribution >= 4 is 15.9 Å². The Kier molecular flexibility index (Phi) is 5.72. The lowest BCUT2D eigenvalue weighted by atomic mass is 9.99. The lowest BCUT2D eigenvalue weighted by Gasteiger charge is -2.32. The zero-order chi connectivity index (χ0) is 18.9. The highest BCUT2D eigenvalue weighted by Gasteiger charge is 2.30. The molecule has 0 aromatic heterocycles. The molecule has 3 rings (SSSR count). The molecule has 1 amide bonds. The predicted octanol–water partition coefficient (Wildman–Crippen LogP) is 3.29. The number of nitrogens with zero attached hydrogens (tertiary/aromatic N) is 2. The first-order valence-corrected chi connectivity index (χ1v) is 11.1. The molecular formula is C20H30N2O3S.